The van der Waals surface area contributed by atoms with Gasteiger partial charge in [0.1, 0.15) is 0 Å². The maximum atomic E-state index is 5.29. The largest absolute Gasteiger partial charge is 0.309 e. The lowest BCUT2D eigenvalue weighted by Crippen LogP contribution is -2.01. The summed E-state index contributed by atoms with van der Waals surface area (Å²) in [7, 11) is 0. The van der Waals surface area contributed by atoms with Gasteiger partial charge in [-0.15, -0.1) is 0 Å². The summed E-state index contributed by atoms with van der Waals surface area (Å²) < 4.78 is 4.80. The predicted octanol–water partition coefficient (Wildman–Crippen LogP) is 15.0. The first-order chi connectivity index (χ1) is 31.7. The first-order valence-electron chi connectivity index (χ1n) is 21.7. The van der Waals surface area contributed by atoms with Crippen LogP contribution in [0.5, 0.6) is 0 Å². The molecule has 0 atom stereocenters. The molecule has 0 bridgehead atoms. The van der Waals surface area contributed by atoms with E-state index in [9.17, 15) is 0 Å². The number of fused-ring (bicyclic) bond motifs is 8. The van der Waals surface area contributed by atoms with E-state index in [4.69, 9.17) is 15.0 Å². The van der Waals surface area contributed by atoms with Crippen LogP contribution in [0.15, 0.2) is 224 Å². The molecule has 0 N–H and O–H groups in total. The normalized spacial score (nSPS) is 11.8. The third kappa shape index (κ3) is 5.75. The summed E-state index contributed by atoms with van der Waals surface area (Å²) in [6.07, 6.45) is 0. The molecule has 10 aromatic carbocycles. The van der Waals surface area contributed by atoms with E-state index in [1.807, 2.05) is 24.3 Å². The van der Waals surface area contributed by atoms with Crippen LogP contribution in [-0.4, -0.2) is 24.1 Å². The van der Waals surface area contributed by atoms with E-state index in [0.29, 0.717) is 17.5 Å². The van der Waals surface area contributed by atoms with Crippen molar-refractivity contribution < 1.29 is 0 Å². The summed E-state index contributed by atoms with van der Waals surface area (Å²) in [6.45, 7) is 0. The summed E-state index contributed by atoms with van der Waals surface area (Å²) >= 11 is 0. The molecule has 5 heteroatoms. The van der Waals surface area contributed by atoms with Crippen molar-refractivity contribution in [2.75, 3.05) is 0 Å². The van der Waals surface area contributed by atoms with Gasteiger partial charge in [-0.3, -0.25) is 0 Å². The van der Waals surface area contributed by atoms with Crippen molar-refractivity contribution in [1.82, 2.24) is 24.1 Å². The summed E-state index contributed by atoms with van der Waals surface area (Å²) in [6, 6.07) is 79.9. The minimum atomic E-state index is 0.627. The van der Waals surface area contributed by atoms with Crippen LogP contribution in [0.3, 0.4) is 0 Å². The Morgan fingerprint density at radius 2 is 0.750 bits per heavy atom. The van der Waals surface area contributed by atoms with Gasteiger partial charge >= 0.3 is 0 Å². The summed E-state index contributed by atoms with van der Waals surface area (Å²) in [5.41, 5.74) is 12.0. The molecule has 298 valence electrons. The van der Waals surface area contributed by atoms with Crippen LogP contribution >= 0.6 is 0 Å². The fourth-order valence-corrected chi connectivity index (χ4v) is 9.79. The number of rotatable bonds is 6. The van der Waals surface area contributed by atoms with Crippen molar-refractivity contribution in [1.29, 1.82) is 0 Å². The molecule has 0 amide bonds. The van der Waals surface area contributed by atoms with Gasteiger partial charge in [-0.25, -0.2) is 15.0 Å². The van der Waals surface area contributed by atoms with Crippen LogP contribution in [-0.2, 0) is 0 Å². The predicted molar refractivity (Wildman–Crippen MR) is 265 cm³/mol. The summed E-state index contributed by atoms with van der Waals surface area (Å²) in [5, 5.41) is 9.50. The van der Waals surface area contributed by atoms with Gasteiger partial charge in [-0.2, -0.15) is 0 Å². The van der Waals surface area contributed by atoms with E-state index in [-0.39, 0.29) is 0 Å². The highest BCUT2D eigenvalue weighted by Crippen LogP contribution is 2.39. The molecule has 64 heavy (non-hydrogen) atoms. The number of aromatic nitrogens is 5. The topological polar surface area (TPSA) is 48.5 Å². The minimum Gasteiger partial charge on any atom is -0.309 e. The molecule has 0 aliphatic carbocycles. The first-order valence-corrected chi connectivity index (χ1v) is 21.7. The van der Waals surface area contributed by atoms with E-state index in [2.05, 4.69) is 209 Å². The third-order valence-electron chi connectivity index (χ3n) is 12.7. The lowest BCUT2D eigenvalue weighted by atomic mass is 9.99. The fourth-order valence-electron chi connectivity index (χ4n) is 9.79. The van der Waals surface area contributed by atoms with Gasteiger partial charge in [-0.05, 0) is 87.3 Å². The SMILES string of the molecule is c1ccc(-c2nc(-c3ccccc3-c3ccccc3)nc(-c3cccc4ccc(-n5c6ccccc6c6cc7cc(-n8c9ccccc9c9ccccc98)ccc7cc65)cc34)n2)cc1. The molecule has 13 aromatic rings. The monoisotopic (exact) mass is 815 g/mol. The second kappa shape index (κ2) is 14.5. The van der Waals surface area contributed by atoms with Gasteiger partial charge in [0.05, 0.1) is 22.1 Å². The highest BCUT2D eigenvalue weighted by Gasteiger charge is 2.19. The zero-order valence-corrected chi connectivity index (χ0v) is 34.6. The highest BCUT2D eigenvalue weighted by molar-refractivity contribution is 6.15. The fraction of sp³-hybridized carbons (Fsp3) is 0. The maximum Gasteiger partial charge on any atom is 0.164 e. The second-order valence-electron chi connectivity index (χ2n) is 16.4. The minimum absolute atomic E-state index is 0.627. The quantitative estimate of drug-likeness (QED) is 0.168. The van der Waals surface area contributed by atoms with Crippen LogP contribution in [0.4, 0.5) is 0 Å². The van der Waals surface area contributed by atoms with Gasteiger partial charge in [-0.1, -0.05) is 170 Å². The van der Waals surface area contributed by atoms with Gasteiger partial charge in [0, 0.05) is 49.6 Å². The number of benzene rings is 10. The zero-order chi connectivity index (χ0) is 42.1. The Kier molecular flexibility index (Phi) is 8.15. The van der Waals surface area contributed by atoms with Gasteiger partial charge in [0.2, 0.25) is 0 Å². The van der Waals surface area contributed by atoms with Gasteiger partial charge < -0.3 is 9.13 Å². The Morgan fingerprint density at radius 3 is 1.44 bits per heavy atom. The molecule has 0 saturated carbocycles. The molecule has 0 aliphatic heterocycles. The van der Waals surface area contributed by atoms with Crippen molar-refractivity contribution in [3.05, 3.63) is 224 Å². The first kappa shape index (κ1) is 36.0. The molecule has 0 aliphatic rings. The Hall–Kier alpha value is -8.67. The van der Waals surface area contributed by atoms with E-state index in [1.54, 1.807) is 0 Å². The van der Waals surface area contributed by atoms with Crippen LogP contribution < -0.4 is 0 Å². The molecule has 5 nitrogen and oxygen atoms in total. The Labute approximate surface area is 368 Å². The number of hydrogen-bond donors (Lipinski definition) is 0. The van der Waals surface area contributed by atoms with E-state index < -0.39 is 0 Å². The van der Waals surface area contributed by atoms with Crippen molar-refractivity contribution in [3.63, 3.8) is 0 Å². The second-order valence-corrected chi connectivity index (χ2v) is 16.4. The van der Waals surface area contributed by atoms with Crippen molar-refractivity contribution in [2.24, 2.45) is 0 Å². The third-order valence-corrected chi connectivity index (χ3v) is 12.7. The molecule has 13 rings (SSSR count). The van der Waals surface area contributed by atoms with Crippen molar-refractivity contribution >= 4 is 65.2 Å². The van der Waals surface area contributed by atoms with Crippen LogP contribution in [0.2, 0.25) is 0 Å². The number of nitrogens with zero attached hydrogens (tertiary/aromatic N) is 5. The van der Waals surface area contributed by atoms with E-state index in [1.165, 1.54) is 43.4 Å². The smallest absolute Gasteiger partial charge is 0.164 e. The average molecular weight is 816 g/mol. The molecule has 3 aromatic heterocycles. The molecule has 0 spiro atoms. The van der Waals surface area contributed by atoms with Crippen LogP contribution in [0.1, 0.15) is 0 Å². The lowest BCUT2D eigenvalue weighted by Gasteiger charge is -2.14. The van der Waals surface area contributed by atoms with Crippen LogP contribution in [0.25, 0.3) is 122 Å². The molecular weight excluding hydrogens is 779 g/mol. The average Bonchev–Trinajstić information content (AvgIpc) is 3.88. The standard InChI is InChI=1S/C59H37N5/c1-3-16-38(17-4-1)45-21-7-8-25-49(45)58-60-57(40-18-5-2-6-19-40)61-59(62-58)50-26-15-20-39-30-32-44(37-51(39)50)64-55-29-14-11-24-48(55)52-35-42-34-43(33-31-41(42)36-56(52)64)63-53-27-12-9-22-46(53)47-23-10-13-28-54(47)63/h1-37H. The van der Waals surface area contributed by atoms with E-state index >= 15 is 0 Å². The molecule has 3 heterocycles. The Balaban J connectivity index is 0.993. The highest BCUT2D eigenvalue weighted by atomic mass is 15.0. The lowest BCUT2D eigenvalue weighted by molar-refractivity contribution is 1.08. The summed E-state index contributed by atoms with van der Waals surface area (Å²) in [4.78, 5) is 15.6. The molecule has 0 saturated heterocycles. The van der Waals surface area contributed by atoms with Crippen LogP contribution in [0, 0.1) is 0 Å². The van der Waals surface area contributed by atoms with Gasteiger partial charge in [0.15, 0.2) is 17.5 Å². The number of para-hydroxylation sites is 3. The zero-order valence-electron chi connectivity index (χ0n) is 34.6. The Morgan fingerprint density at radius 1 is 0.250 bits per heavy atom. The van der Waals surface area contributed by atoms with Crippen molar-refractivity contribution in [3.8, 4) is 56.7 Å². The van der Waals surface area contributed by atoms with Gasteiger partial charge in [0.25, 0.3) is 0 Å². The molecule has 0 fully saturated rings. The molecular formula is C59H37N5. The van der Waals surface area contributed by atoms with E-state index in [0.717, 1.165) is 61.0 Å². The maximum absolute atomic E-state index is 5.29. The molecule has 0 radical (unpaired) electrons. The summed E-state index contributed by atoms with van der Waals surface area (Å²) in [5.74, 6) is 1.89. The number of hydrogen-bond acceptors (Lipinski definition) is 3. The van der Waals surface area contributed by atoms with Crippen molar-refractivity contribution in [2.45, 2.75) is 0 Å². The molecule has 0 unspecified atom stereocenters. The Bertz CT molecular complexity index is 3900.